The van der Waals surface area contributed by atoms with Crippen LogP contribution >= 0.6 is 11.3 Å². The summed E-state index contributed by atoms with van der Waals surface area (Å²) in [7, 11) is 0. The number of hydrogen-bond acceptors (Lipinski definition) is 3. The topological polar surface area (TPSA) is 45.8 Å². The second-order valence-corrected chi connectivity index (χ2v) is 6.30. The predicted molar refractivity (Wildman–Crippen MR) is 93.9 cm³/mol. The van der Waals surface area contributed by atoms with Crippen LogP contribution in [0.4, 0.5) is 0 Å². The molecule has 4 heteroatoms. The van der Waals surface area contributed by atoms with Gasteiger partial charge in [-0.1, -0.05) is 30.3 Å². The van der Waals surface area contributed by atoms with E-state index in [1.807, 2.05) is 60.1 Å². The quantitative estimate of drug-likeness (QED) is 0.554. The largest absolute Gasteiger partial charge is 0.345 e. The number of carbonyl (C=O) groups excluding carboxylic acids is 1. The van der Waals surface area contributed by atoms with E-state index in [0.717, 1.165) is 32.6 Å². The molecule has 0 bridgehead atoms. The van der Waals surface area contributed by atoms with Crippen molar-refractivity contribution in [3.63, 3.8) is 0 Å². The first-order valence-electron chi connectivity index (χ1n) is 7.39. The summed E-state index contributed by atoms with van der Waals surface area (Å²) in [4.78, 5) is 21.0. The molecule has 3 nitrogen and oxygen atoms in total. The van der Waals surface area contributed by atoms with Crippen molar-refractivity contribution >= 4 is 28.2 Å². The van der Waals surface area contributed by atoms with Crippen molar-refractivity contribution in [2.75, 3.05) is 0 Å². The van der Waals surface area contributed by atoms with E-state index in [2.05, 4.69) is 9.97 Å². The fourth-order valence-corrected chi connectivity index (χ4v) is 3.61. The lowest BCUT2D eigenvalue weighted by atomic mass is 10.0. The molecule has 1 N–H and O–H groups in total. The zero-order valence-electron chi connectivity index (χ0n) is 12.3. The Bertz CT molecular complexity index is 969. The molecule has 0 unspecified atom stereocenters. The number of benzene rings is 1. The number of nitrogens with one attached hydrogen (secondary N) is 1. The SMILES string of the molecule is O=C(Cc1ccccc1)c1csc(-c2c[nH]c3ncccc23)c1. The molecule has 1 aromatic carbocycles. The molecule has 0 saturated carbocycles. The molecule has 0 fully saturated rings. The van der Waals surface area contributed by atoms with Crippen LogP contribution in [-0.4, -0.2) is 15.8 Å². The summed E-state index contributed by atoms with van der Waals surface area (Å²) in [6.45, 7) is 0. The van der Waals surface area contributed by atoms with Gasteiger partial charge in [0.15, 0.2) is 5.78 Å². The molecule has 0 aliphatic carbocycles. The van der Waals surface area contributed by atoms with Crippen LogP contribution in [0.2, 0.25) is 0 Å². The molecular weight excluding hydrogens is 304 g/mol. The summed E-state index contributed by atoms with van der Waals surface area (Å²) in [5, 5.41) is 3.02. The maximum atomic E-state index is 12.4. The van der Waals surface area contributed by atoms with Gasteiger partial charge in [-0.3, -0.25) is 4.79 Å². The van der Waals surface area contributed by atoms with Gasteiger partial charge in [-0.15, -0.1) is 11.3 Å². The van der Waals surface area contributed by atoms with E-state index >= 15 is 0 Å². The molecule has 4 rings (SSSR count). The maximum Gasteiger partial charge on any atom is 0.168 e. The van der Waals surface area contributed by atoms with Gasteiger partial charge in [-0.25, -0.2) is 4.98 Å². The highest BCUT2D eigenvalue weighted by Gasteiger charge is 2.13. The minimum Gasteiger partial charge on any atom is -0.345 e. The van der Waals surface area contributed by atoms with Crippen molar-refractivity contribution in [3.05, 3.63) is 77.4 Å². The van der Waals surface area contributed by atoms with Gasteiger partial charge in [-0.2, -0.15) is 0 Å². The van der Waals surface area contributed by atoms with Crippen molar-refractivity contribution in [3.8, 4) is 10.4 Å². The highest BCUT2D eigenvalue weighted by molar-refractivity contribution is 7.14. The lowest BCUT2D eigenvalue weighted by Crippen LogP contribution is -2.01. The molecule has 4 aromatic rings. The van der Waals surface area contributed by atoms with E-state index in [1.165, 1.54) is 0 Å². The first kappa shape index (κ1) is 13.9. The summed E-state index contributed by atoms with van der Waals surface area (Å²) < 4.78 is 0. The van der Waals surface area contributed by atoms with Crippen LogP contribution < -0.4 is 0 Å². The predicted octanol–water partition coefficient (Wildman–Crippen LogP) is 4.72. The minimum atomic E-state index is 0.150. The fraction of sp³-hybridized carbons (Fsp3) is 0.0526. The van der Waals surface area contributed by atoms with Crippen molar-refractivity contribution in [2.24, 2.45) is 0 Å². The van der Waals surface area contributed by atoms with Gasteiger partial charge in [0.25, 0.3) is 0 Å². The van der Waals surface area contributed by atoms with Gasteiger partial charge in [0.2, 0.25) is 0 Å². The fourth-order valence-electron chi connectivity index (χ4n) is 2.67. The molecule has 3 heterocycles. The van der Waals surface area contributed by atoms with Crippen LogP contribution in [0, 0.1) is 0 Å². The number of nitrogens with zero attached hydrogens (tertiary/aromatic N) is 1. The number of thiophene rings is 1. The van der Waals surface area contributed by atoms with Crippen LogP contribution in [0.5, 0.6) is 0 Å². The smallest absolute Gasteiger partial charge is 0.168 e. The molecule has 23 heavy (non-hydrogen) atoms. The second kappa shape index (κ2) is 5.82. The Morgan fingerprint density at radius 3 is 2.87 bits per heavy atom. The number of Topliss-reactive ketones (excluding diaryl/α,β-unsaturated/α-hetero) is 1. The first-order valence-corrected chi connectivity index (χ1v) is 8.27. The molecule has 0 atom stereocenters. The normalized spacial score (nSPS) is 11.0. The molecule has 0 spiro atoms. The van der Waals surface area contributed by atoms with Crippen LogP contribution in [0.15, 0.2) is 66.3 Å². The van der Waals surface area contributed by atoms with Gasteiger partial charge in [-0.05, 0) is 23.8 Å². The highest BCUT2D eigenvalue weighted by Crippen LogP contribution is 2.32. The summed E-state index contributed by atoms with van der Waals surface area (Å²) in [6, 6.07) is 15.8. The molecule has 0 aliphatic rings. The van der Waals surface area contributed by atoms with E-state index in [-0.39, 0.29) is 5.78 Å². The molecule has 0 radical (unpaired) electrons. The first-order chi connectivity index (χ1) is 11.3. The molecule has 3 aromatic heterocycles. The standard InChI is InChI=1S/C19H14N2OS/c22-17(9-13-5-2-1-3-6-13)14-10-18(23-12-14)16-11-21-19-15(16)7-4-8-20-19/h1-8,10-12H,9H2,(H,20,21). The third kappa shape index (κ3) is 2.69. The van der Waals surface area contributed by atoms with E-state index in [0.29, 0.717) is 6.42 Å². The third-order valence-corrected chi connectivity index (χ3v) is 4.81. The number of fused-ring (bicyclic) bond motifs is 1. The maximum absolute atomic E-state index is 12.4. The van der Waals surface area contributed by atoms with Crippen molar-refractivity contribution < 1.29 is 4.79 Å². The Kier molecular flexibility index (Phi) is 3.52. The molecule has 0 amide bonds. The van der Waals surface area contributed by atoms with Crippen LogP contribution in [0.25, 0.3) is 21.5 Å². The number of aromatic nitrogens is 2. The Morgan fingerprint density at radius 1 is 1.13 bits per heavy atom. The van der Waals surface area contributed by atoms with Gasteiger partial charge in [0.1, 0.15) is 5.65 Å². The average Bonchev–Trinajstić information content (AvgIpc) is 3.22. The Hall–Kier alpha value is -2.72. The van der Waals surface area contributed by atoms with Gasteiger partial charge in [0.05, 0.1) is 0 Å². The number of rotatable bonds is 4. The van der Waals surface area contributed by atoms with Crippen LogP contribution in [0.3, 0.4) is 0 Å². The summed E-state index contributed by atoms with van der Waals surface area (Å²) in [6.07, 6.45) is 4.16. The van der Waals surface area contributed by atoms with Crippen LogP contribution in [0.1, 0.15) is 15.9 Å². The van der Waals surface area contributed by atoms with Crippen molar-refractivity contribution in [1.29, 1.82) is 0 Å². The van der Waals surface area contributed by atoms with E-state index in [9.17, 15) is 4.79 Å². The van der Waals surface area contributed by atoms with Crippen molar-refractivity contribution in [1.82, 2.24) is 9.97 Å². The Balaban J connectivity index is 1.63. The third-order valence-electron chi connectivity index (χ3n) is 3.85. The summed E-state index contributed by atoms with van der Waals surface area (Å²) in [5.41, 5.74) is 3.78. The van der Waals surface area contributed by atoms with Gasteiger partial charge in [0, 0.05) is 45.6 Å². The van der Waals surface area contributed by atoms with E-state index in [4.69, 9.17) is 0 Å². The molecule has 0 aliphatic heterocycles. The lowest BCUT2D eigenvalue weighted by Gasteiger charge is -1.98. The van der Waals surface area contributed by atoms with Crippen LogP contribution in [-0.2, 0) is 6.42 Å². The number of pyridine rings is 1. The van der Waals surface area contributed by atoms with Crippen molar-refractivity contribution in [2.45, 2.75) is 6.42 Å². The van der Waals surface area contributed by atoms with Gasteiger partial charge < -0.3 is 4.98 Å². The highest BCUT2D eigenvalue weighted by atomic mass is 32.1. The summed E-state index contributed by atoms with van der Waals surface area (Å²) >= 11 is 1.59. The zero-order valence-corrected chi connectivity index (χ0v) is 13.1. The number of ketones is 1. The minimum absolute atomic E-state index is 0.150. The second-order valence-electron chi connectivity index (χ2n) is 5.39. The number of carbonyl (C=O) groups is 1. The summed E-state index contributed by atoms with van der Waals surface area (Å²) in [5.74, 6) is 0.150. The lowest BCUT2D eigenvalue weighted by molar-refractivity contribution is 0.0993. The average molecular weight is 318 g/mol. The number of H-pyrrole nitrogens is 1. The Labute approximate surface area is 137 Å². The Morgan fingerprint density at radius 2 is 2.00 bits per heavy atom. The van der Waals surface area contributed by atoms with E-state index in [1.54, 1.807) is 17.5 Å². The monoisotopic (exact) mass is 318 g/mol. The molecule has 0 saturated heterocycles. The molecular formula is C19H14N2OS. The van der Waals surface area contributed by atoms with Gasteiger partial charge >= 0.3 is 0 Å². The number of aromatic amines is 1. The number of hydrogen-bond donors (Lipinski definition) is 1. The van der Waals surface area contributed by atoms with E-state index < -0.39 is 0 Å². The molecule has 112 valence electrons. The zero-order chi connectivity index (χ0) is 15.6.